The maximum atomic E-state index is 12.5. The number of rotatable bonds is 8. The Morgan fingerprint density at radius 3 is 2.69 bits per heavy atom. The van der Waals surface area contributed by atoms with Crippen LogP contribution in [0.4, 0.5) is 11.6 Å². The average molecular weight is 401 g/mol. The molecule has 1 aromatic heterocycles. The number of methoxy groups -OCH3 is 2. The molecule has 9 heteroatoms. The Morgan fingerprint density at radius 2 is 1.97 bits per heavy atom. The first-order valence-electron chi connectivity index (χ1n) is 9.54. The van der Waals surface area contributed by atoms with E-state index in [2.05, 4.69) is 25.5 Å². The molecule has 1 fully saturated rings. The van der Waals surface area contributed by atoms with Gasteiger partial charge in [-0.15, -0.1) is 0 Å². The lowest BCUT2D eigenvalue weighted by Crippen LogP contribution is -2.37. The second-order valence-electron chi connectivity index (χ2n) is 6.48. The summed E-state index contributed by atoms with van der Waals surface area (Å²) >= 11 is 0. The second-order valence-corrected chi connectivity index (χ2v) is 6.48. The summed E-state index contributed by atoms with van der Waals surface area (Å²) in [6.07, 6.45) is 0. The standard InChI is InChI=1S/C20H27N5O4/c1-14-23-17(13-18(24-14)25-9-11-29-12-10-25)21-7-8-22-20(26)15-5-4-6-16(27-2)19(15)28-3/h4-6,13H,7-12H2,1-3H3,(H,22,26)(H,21,23,24). The molecule has 3 rings (SSSR count). The van der Waals surface area contributed by atoms with Crippen LogP contribution in [0.2, 0.25) is 0 Å². The minimum Gasteiger partial charge on any atom is -0.493 e. The molecule has 0 radical (unpaired) electrons. The topological polar surface area (TPSA) is 97.8 Å². The maximum absolute atomic E-state index is 12.5. The zero-order valence-electron chi connectivity index (χ0n) is 17.0. The highest BCUT2D eigenvalue weighted by atomic mass is 16.5. The first-order chi connectivity index (χ1) is 14.1. The number of nitrogens with zero attached hydrogens (tertiary/aromatic N) is 3. The molecule has 2 aromatic rings. The van der Waals surface area contributed by atoms with Gasteiger partial charge in [0.1, 0.15) is 17.5 Å². The van der Waals surface area contributed by atoms with Crippen LogP contribution < -0.4 is 25.0 Å². The normalized spacial score (nSPS) is 13.7. The van der Waals surface area contributed by atoms with Crippen LogP contribution in [0.5, 0.6) is 11.5 Å². The quantitative estimate of drug-likeness (QED) is 0.642. The van der Waals surface area contributed by atoms with Crippen molar-refractivity contribution in [3.8, 4) is 11.5 Å². The molecule has 0 unspecified atom stereocenters. The van der Waals surface area contributed by atoms with Crippen molar-refractivity contribution in [1.29, 1.82) is 0 Å². The van der Waals surface area contributed by atoms with Gasteiger partial charge in [-0.3, -0.25) is 4.79 Å². The zero-order valence-corrected chi connectivity index (χ0v) is 17.0. The number of hydrogen-bond acceptors (Lipinski definition) is 8. The molecular formula is C20H27N5O4. The Kier molecular flexibility index (Phi) is 7.07. The van der Waals surface area contributed by atoms with Crippen molar-refractivity contribution in [3.05, 3.63) is 35.7 Å². The third kappa shape index (κ3) is 5.26. The van der Waals surface area contributed by atoms with Gasteiger partial charge in [0, 0.05) is 32.2 Å². The number of amides is 1. The molecule has 2 heterocycles. The van der Waals surface area contributed by atoms with Gasteiger partial charge >= 0.3 is 0 Å². The number of nitrogens with one attached hydrogen (secondary N) is 2. The molecule has 1 aliphatic heterocycles. The summed E-state index contributed by atoms with van der Waals surface area (Å²) < 4.78 is 15.9. The van der Waals surface area contributed by atoms with Crippen molar-refractivity contribution < 1.29 is 19.0 Å². The number of hydrogen-bond donors (Lipinski definition) is 2. The number of aryl methyl sites for hydroxylation is 1. The lowest BCUT2D eigenvalue weighted by Gasteiger charge is -2.28. The lowest BCUT2D eigenvalue weighted by molar-refractivity contribution is 0.0951. The fourth-order valence-electron chi connectivity index (χ4n) is 3.12. The summed E-state index contributed by atoms with van der Waals surface area (Å²) in [5.41, 5.74) is 0.430. The summed E-state index contributed by atoms with van der Waals surface area (Å²) in [7, 11) is 3.05. The number of anilines is 2. The Hall–Kier alpha value is -3.07. The number of para-hydroxylation sites is 1. The molecular weight excluding hydrogens is 374 g/mol. The van der Waals surface area contributed by atoms with E-state index in [4.69, 9.17) is 14.2 Å². The Morgan fingerprint density at radius 1 is 1.17 bits per heavy atom. The number of carbonyl (C=O) groups excluding carboxylic acids is 1. The van der Waals surface area contributed by atoms with Gasteiger partial charge in [0.2, 0.25) is 0 Å². The fourth-order valence-corrected chi connectivity index (χ4v) is 3.12. The van der Waals surface area contributed by atoms with E-state index in [1.165, 1.54) is 7.11 Å². The molecule has 0 atom stereocenters. The second kappa shape index (κ2) is 9.92. The van der Waals surface area contributed by atoms with Crippen LogP contribution in [0, 0.1) is 6.92 Å². The predicted molar refractivity (Wildman–Crippen MR) is 110 cm³/mol. The van der Waals surface area contributed by atoms with Gasteiger partial charge in [-0.25, -0.2) is 9.97 Å². The van der Waals surface area contributed by atoms with E-state index in [-0.39, 0.29) is 5.91 Å². The van der Waals surface area contributed by atoms with Gasteiger partial charge in [0.25, 0.3) is 5.91 Å². The summed E-state index contributed by atoms with van der Waals surface area (Å²) in [5, 5.41) is 6.12. The number of morpholine rings is 1. The van der Waals surface area contributed by atoms with Crippen LogP contribution in [0.25, 0.3) is 0 Å². The lowest BCUT2D eigenvalue weighted by atomic mass is 10.1. The van der Waals surface area contributed by atoms with Crippen LogP contribution in [-0.2, 0) is 4.74 Å². The van der Waals surface area contributed by atoms with Crippen molar-refractivity contribution in [2.45, 2.75) is 6.92 Å². The maximum Gasteiger partial charge on any atom is 0.255 e. The first-order valence-corrected chi connectivity index (χ1v) is 9.54. The molecule has 1 amide bonds. The summed E-state index contributed by atoms with van der Waals surface area (Å²) in [5.74, 6) is 3.02. The SMILES string of the molecule is COc1cccc(C(=O)NCCNc2cc(N3CCOCC3)nc(C)n2)c1OC. The molecule has 0 aliphatic carbocycles. The average Bonchev–Trinajstić information content (AvgIpc) is 2.76. The van der Waals surface area contributed by atoms with Gasteiger partial charge in [0.15, 0.2) is 11.5 Å². The third-order valence-corrected chi connectivity index (χ3v) is 4.52. The van der Waals surface area contributed by atoms with Gasteiger partial charge in [-0.1, -0.05) is 6.07 Å². The minimum atomic E-state index is -0.226. The molecule has 0 spiro atoms. The molecule has 2 N–H and O–H groups in total. The minimum absolute atomic E-state index is 0.226. The van der Waals surface area contributed by atoms with Gasteiger partial charge in [0.05, 0.1) is 33.0 Å². The largest absolute Gasteiger partial charge is 0.493 e. The van der Waals surface area contributed by atoms with Gasteiger partial charge in [-0.2, -0.15) is 0 Å². The summed E-state index contributed by atoms with van der Waals surface area (Å²) in [6.45, 7) is 5.85. The number of carbonyl (C=O) groups is 1. The van der Waals surface area contributed by atoms with Crippen molar-refractivity contribution >= 4 is 17.5 Å². The summed E-state index contributed by atoms with van der Waals surface area (Å²) in [6, 6.07) is 7.13. The molecule has 9 nitrogen and oxygen atoms in total. The molecule has 0 bridgehead atoms. The Labute approximate surface area is 170 Å². The van der Waals surface area contributed by atoms with E-state index in [1.807, 2.05) is 13.0 Å². The first kappa shape index (κ1) is 20.7. The molecule has 1 saturated heterocycles. The molecule has 29 heavy (non-hydrogen) atoms. The van der Waals surface area contributed by atoms with Crippen LogP contribution in [0.15, 0.2) is 24.3 Å². The fraction of sp³-hybridized carbons (Fsp3) is 0.450. The number of aromatic nitrogens is 2. The van der Waals surface area contributed by atoms with E-state index in [1.54, 1.807) is 25.3 Å². The number of benzene rings is 1. The third-order valence-electron chi connectivity index (χ3n) is 4.52. The molecule has 1 aromatic carbocycles. The predicted octanol–water partition coefficient (Wildman–Crippen LogP) is 1.48. The van der Waals surface area contributed by atoms with Gasteiger partial charge < -0.3 is 29.7 Å². The smallest absolute Gasteiger partial charge is 0.255 e. The number of ether oxygens (including phenoxy) is 3. The zero-order chi connectivity index (χ0) is 20.6. The molecule has 156 valence electrons. The van der Waals surface area contributed by atoms with Gasteiger partial charge in [-0.05, 0) is 19.1 Å². The highest BCUT2D eigenvalue weighted by Gasteiger charge is 2.16. The Balaban J connectivity index is 1.55. The van der Waals surface area contributed by atoms with Crippen molar-refractivity contribution in [2.75, 3.05) is 63.8 Å². The van der Waals surface area contributed by atoms with Crippen LogP contribution in [0.3, 0.4) is 0 Å². The van der Waals surface area contributed by atoms with E-state index in [9.17, 15) is 4.79 Å². The highest BCUT2D eigenvalue weighted by Crippen LogP contribution is 2.30. The Bertz CT molecular complexity index is 840. The van der Waals surface area contributed by atoms with Crippen LogP contribution >= 0.6 is 0 Å². The molecule has 0 saturated carbocycles. The van der Waals surface area contributed by atoms with Crippen molar-refractivity contribution in [2.24, 2.45) is 0 Å². The van der Waals surface area contributed by atoms with Crippen LogP contribution in [0.1, 0.15) is 16.2 Å². The van der Waals surface area contributed by atoms with Crippen LogP contribution in [-0.4, -0.2) is 69.5 Å². The van der Waals surface area contributed by atoms with E-state index in [0.717, 1.165) is 24.7 Å². The van der Waals surface area contributed by atoms with Crippen molar-refractivity contribution in [1.82, 2.24) is 15.3 Å². The monoisotopic (exact) mass is 401 g/mol. The molecule has 1 aliphatic rings. The van der Waals surface area contributed by atoms with E-state index < -0.39 is 0 Å². The van der Waals surface area contributed by atoms with E-state index in [0.29, 0.717) is 49.2 Å². The van der Waals surface area contributed by atoms with Crippen molar-refractivity contribution in [3.63, 3.8) is 0 Å². The van der Waals surface area contributed by atoms with E-state index >= 15 is 0 Å². The summed E-state index contributed by atoms with van der Waals surface area (Å²) in [4.78, 5) is 23.6. The highest BCUT2D eigenvalue weighted by molar-refractivity contribution is 5.97.